The van der Waals surface area contributed by atoms with Crippen LogP contribution >= 0.6 is 0 Å². The number of hydrogen-bond acceptors (Lipinski definition) is 3. The van der Waals surface area contributed by atoms with Gasteiger partial charge in [0.15, 0.2) is 0 Å². The van der Waals surface area contributed by atoms with Gasteiger partial charge in [0.1, 0.15) is 0 Å². The van der Waals surface area contributed by atoms with Crippen LogP contribution in [0.25, 0.3) is 0 Å². The quantitative estimate of drug-likeness (QED) is 0.869. The SMILES string of the molecule is CNC(=O)C1CCCN1Cc1cccc(C#N)c1. The maximum Gasteiger partial charge on any atom is 0.237 e. The molecule has 0 spiro atoms. The third-order valence-electron chi connectivity index (χ3n) is 3.35. The van der Waals surface area contributed by atoms with Gasteiger partial charge >= 0.3 is 0 Å². The third kappa shape index (κ3) is 2.69. The lowest BCUT2D eigenvalue weighted by atomic mass is 10.1. The van der Waals surface area contributed by atoms with Crippen molar-refractivity contribution in [2.24, 2.45) is 0 Å². The summed E-state index contributed by atoms with van der Waals surface area (Å²) in [6.07, 6.45) is 1.97. The van der Waals surface area contributed by atoms with Crippen LogP contribution in [0.3, 0.4) is 0 Å². The van der Waals surface area contributed by atoms with Crippen LogP contribution in [0.15, 0.2) is 24.3 Å². The molecule has 0 radical (unpaired) electrons. The average molecular weight is 243 g/mol. The molecule has 1 fully saturated rings. The molecule has 4 nitrogen and oxygen atoms in total. The van der Waals surface area contributed by atoms with Gasteiger partial charge in [-0.05, 0) is 37.1 Å². The molecular weight excluding hydrogens is 226 g/mol. The number of likely N-dealkylation sites (N-methyl/N-ethyl adjacent to an activating group) is 1. The zero-order valence-electron chi connectivity index (χ0n) is 10.5. The second kappa shape index (κ2) is 5.65. The van der Waals surface area contributed by atoms with E-state index in [2.05, 4.69) is 16.3 Å². The van der Waals surface area contributed by atoms with Gasteiger partial charge in [0.25, 0.3) is 0 Å². The number of carbonyl (C=O) groups excluding carboxylic acids is 1. The molecule has 1 aromatic carbocycles. The molecule has 1 atom stereocenters. The summed E-state index contributed by atoms with van der Waals surface area (Å²) in [7, 11) is 1.68. The van der Waals surface area contributed by atoms with Crippen LogP contribution in [0.4, 0.5) is 0 Å². The molecule has 1 amide bonds. The van der Waals surface area contributed by atoms with Gasteiger partial charge in [-0.25, -0.2) is 0 Å². The monoisotopic (exact) mass is 243 g/mol. The van der Waals surface area contributed by atoms with Crippen LogP contribution in [0.2, 0.25) is 0 Å². The first kappa shape index (κ1) is 12.6. The number of rotatable bonds is 3. The summed E-state index contributed by atoms with van der Waals surface area (Å²) < 4.78 is 0. The highest BCUT2D eigenvalue weighted by atomic mass is 16.2. The van der Waals surface area contributed by atoms with Gasteiger partial charge in [-0.3, -0.25) is 9.69 Å². The lowest BCUT2D eigenvalue weighted by Crippen LogP contribution is -2.41. The topological polar surface area (TPSA) is 56.1 Å². The second-order valence-electron chi connectivity index (χ2n) is 4.55. The average Bonchev–Trinajstić information content (AvgIpc) is 2.86. The van der Waals surface area contributed by atoms with E-state index >= 15 is 0 Å². The molecule has 1 N–H and O–H groups in total. The molecule has 94 valence electrons. The van der Waals surface area contributed by atoms with Crippen molar-refractivity contribution in [3.05, 3.63) is 35.4 Å². The predicted molar refractivity (Wildman–Crippen MR) is 68.7 cm³/mol. The van der Waals surface area contributed by atoms with Gasteiger partial charge in [0, 0.05) is 13.6 Å². The molecule has 0 aliphatic carbocycles. The van der Waals surface area contributed by atoms with E-state index in [0.29, 0.717) is 5.56 Å². The summed E-state index contributed by atoms with van der Waals surface area (Å²) in [5.41, 5.74) is 1.76. The van der Waals surface area contributed by atoms with Crippen LogP contribution in [-0.4, -0.2) is 30.4 Å². The first-order valence-electron chi connectivity index (χ1n) is 6.19. The third-order valence-corrected chi connectivity index (χ3v) is 3.35. The highest BCUT2D eigenvalue weighted by Gasteiger charge is 2.29. The van der Waals surface area contributed by atoms with E-state index in [1.54, 1.807) is 13.1 Å². The summed E-state index contributed by atoms with van der Waals surface area (Å²) in [5.74, 6) is 0.0870. The molecule has 1 heterocycles. The number of nitrogens with zero attached hydrogens (tertiary/aromatic N) is 2. The Morgan fingerprint density at radius 3 is 3.17 bits per heavy atom. The van der Waals surface area contributed by atoms with Gasteiger partial charge in [-0.15, -0.1) is 0 Å². The lowest BCUT2D eigenvalue weighted by Gasteiger charge is -2.23. The van der Waals surface area contributed by atoms with Crippen LogP contribution in [0.5, 0.6) is 0 Å². The molecule has 1 saturated heterocycles. The van der Waals surface area contributed by atoms with E-state index in [1.165, 1.54) is 0 Å². The minimum atomic E-state index is -0.0271. The number of amides is 1. The number of carbonyl (C=O) groups is 1. The number of likely N-dealkylation sites (tertiary alicyclic amines) is 1. The molecule has 1 aromatic rings. The van der Waals surface area contributed by atoms with Gasteiger partial charge in [-0.2, -0.15) is 5.26 Å². The minimum absolute atomic E-state index is 0.0271. The van der Waals surface area contributed by atoms with Crippen molar-refractivity contribution in [2.45, 2.75) is 25.4 Å². The summed E-state index contributed by atoms with van der Waals surface area (Å²) in [5, 5.41) is 11.6. The molecule has 0 saturated carbocycles. The molecule has 1 aliphatic heterocycles. The summed E-state index contributed by atoms with van der Waals surface area (Å²) in [6, 6.07) is 9.68. The van der Waals surface area contributed by atoms with E-state index < -0.39 is 0 Å². The van der Waals surface area contributed by atoms with Gasteiger partial charge in [-0.1, -0.05) is 12.1 Å². The van der Waals surface area contributed by atoms with Crippen LogP contribution in [0, 0.1) is 11.3 Å². The fraction of sp³-hybridized carbons (Fsp3) is 0.429. The number of nitriles is 1. The maximum absolute atomic E-state index is 11.7. The van der Waals surface area contributed by atoms with Crippen molar-refractivity contribution in [3.8, 4) is 6.07 Å². The molecule has 18 heavy (non-hydrogen) atoms. The number of hydrogen-bond donors (Lipinski definition) is 1. The van der Waals surface area contributed by atoms with E-state index in [4.69, 9.17) is 5.26 Å². The van der Waals surface area contributed by atoms with E-state index in [-0.39, 0.29) is 11.9 Å². The van der Waals surface area contributed by atoms with Crippen molar-refractivity contribution in [1.82, 2.24) is 10.2 Å². The Hall–Kier alpha value is -1.86. The lowest BCUT2D eigenvalue weighted by molar-refractivity contribution is -0.125. The Morgan fingerprint density at radius 1 is 1.61 bits per heavy atom. The zero-order valence-corrected chi connectivity index (χ0v) is 10.5. The largest absolute Gasteiger partial charge is 0.358 e. The van der Waals surface area contributed by atoms with Crippen molar-refractivity contribution in [3.63, 3.8) is 0 Å². The van der Waals surface area contributed by atoms with Gasteiger partial charge in [0.05, 0.1) is 17.7 Å². The van der Waals surface area contributed by atoms with Crippen LogP contribution in [0.1, 0.15) is 24.0 Å². The number of benzene rings is 1. The van der Waals surface area contributed by atoms with Crippen LogP contribution in [-0.2, 0) is 11.3 Å². The standard InChI is InChI=1S/C14H17N3O/c1-16-14(18)13-6-3-7-17(13)10-12-5-2-4-11(8-12)9-15/h2,4-5,8,13H,3,6-7,10H2,1H3,(H,16,18). The Labute approximate surface area is 107 Å². The Balaban J connectivity index is 2.08. The fourth-order valence-corrected chi connectivity index (χ4v) is 2.45. The Bertz CT molecular complexity index is 478. The van der Waals surface area contributed by atoms with E-state index in [1.807, 2.05) is 18.2 Å². The van der Waals surface area contributed by atoms with Crippen molar-refractivity contribution in [1.29, 1.82) is 5.26 Å². The Morgan fingerprint density at radius 2 is 2.44 bits per heavy atom. The smallest absolute Gasteiger partial charge is 0.237 e. The first-order chi connectivity index (χ1) is 8.74. The van der Waals surface area contributed by atoms with Crippen molar-refractivity contribution >= 4 is 5.91 Å². The summed E-state index contributed by atoms with van der Waals surface area (Å²) in [4.78, 5) is 13.9. The fourth-order valence-electron chi connectivity index (χ4n) is 2.45. The first-order valence-corrected chi connectivity index (χ1v) is 6.19. The molecule has 2 rings (SSSR count). The highest BCUT2D eigenvalue weighted by Crippen LogP contribution is 2.20. The molecule has 0 aromatic heterocycles. The van der Waals surface area contributed by atoms with E-state index in [0.717, 1.165) is 31.5 Å². The normalized spacial score (nSPS) is 19.4. The van der Waals surface area contributed by atoms with Crippen LogP contribution < -0.4 is 5.32 Å². The maximum atomic E-state index is 11.7. The number of nitrogens with one attached hydrogen (secondary N) is 1. The molecular formula is C14H17N3O. The predicted octanol–water partition coefficient (Wildman–Crippen LogP) is 1.27. The van der Waals surface area contributed by atoms with E-state index in [9.17, 15) is 4.79 Å². The molecule has 4 heteroatoms. The second-order valence-corrected chi connectivity index (χ2v) is 4.55. The van der Waals surface area contributed by atoms with Crippen molar-refractivity contribution in [2.75, 3.05) is 13.6 Å². The molecule has 1 aliphatic rings. The summed E-state index contributed by atoms with van der Waals surface area (Å²) in [6.45, 7) is 1.67. The Kier molecular flexibility index (Phi) is 3.96. The van der Waals surface area contributed by atoms with Crippen molar-refractivity contribution < 1.29 is 4.79 Å². The zero-order chi connectivity index (χ0) is 13.0. The van der Waals surface area contributed by atoms with Gasteiger partial charge < -0.3 is 5.32 Å². The minimum Gasteiger partial charge on any atom is -0.358 e. The highest BCUT2D eigenvalue weighted by molar-refractivity contribution is 5.81. The molecule has 1 unspecified atom stereocenters. The van der Waals surface area contributed by atoms with Gasteiger partial charge in [0.2, 0.25) is 5.91 Å². The summed E-state index contributed by atoms with van der Waals surface area (Å²) >= 11 is 0. The molecule has 0 bridgehead atoms.